The van der Waals surface area contributed by atoms with E-state index in [0.29, 0.717) is 39.4 Å². The first-order chi connectivity index (χ1) is 19.9. The molecule has 9 heteroatoms. The minimum atomic E-state index is -0.236. The average molecular weight is 569 g/mol. The summed E-state index contributed by atoms with van der Waals surface area (Å²) in [5, 5.41) is 7.60. The van der Waals surface area contributed by atoms with E-state index in [1.165, 1.54) is 6.07 Å². The molecule has 0 radical (unpaired) electrons. The third kappa shape index (κ3) is 5.45. The van der Waals surface area contributed by atoms with Crippen LogP contribution in [-0.4, -0.2) is 32.6 Å². The number of nitrogens with zero attached hydrogens (tertiary/aromatic N) is 4. The number of nitrogens with one attached hydrogen (secondary N) is 2. The minimum absolute atomic E-state index is 0.198. The Morgan fingerprint density at radius 1 is 1.02 bits per heavy atom. The van der Waals surface area contributed by atoms with Gasteiger partial charge in [-0.2, -0.15) is 4.98 Å². The van der Waals surface area contributed by atoms with E-state index in [1.54, 1.807) is 23.0 Å². The van der Waals surface area contributed by atoms with Gasteiger partial charge in [0, 0.05) is 51.9 Å². The Labute approximate surface area is 242 Å². The van der Waals surface area contributed by atoms with Crippen LogP contribution in [0.2, 0.25) is 5.02 Å². The highest BCUT2D eigenvalue weighted by molar-refractivity contribution is 6.33. The molecule has 0 spiro atoms. The summed E-state index contributed by atoms with van der Waals surface area (Å²) in [6.45, 7) is 6.04. The van der Waals surface area contributed by atoms with Gasteiger partial charge in [0.15, 0.2) is 0 Å². The van der Waals surface area contributed by atoms with Crippen LogP contribution in [0.5, 0.6) is 0 Å². The quantitative estimate of drug-likeness (QED) is 0.233. The summed E-state index contributed by atoms with van der Waals surface area (Å²) in [6.07, 6.45) is 5.28. The highest BCUT2D eigenvalue weighted by Crippen LogP contribution is 2.33. The second-order valence-electron chi connectivity index (χ2n) is 10.3. The van der Waals surface area contributed by atoms with Crippen LogP contribution in [-0.2, 0) is 6.54 Å². The average Bonchev–Trinajstić information content (AvgIpc) is 2.98. The Hall–Kier alpha value is -4.14. The van der Waals surface area contributed by atoms with Gasteiger partial charge in [-0.3, -0.25) is 14.3 Å². The van der Waals surface area contributed by atoms with Crippen molar-refractivity contribution in [1.82, 2.24) is 24.8 Å². The van der Waals surface area contributed by atoms with Crippen molar-refractivity contribution in [2.45, 2.75) is 39.2 Å². The highest BCUT2D eigenvalue weighted by atomic mass is 35.5. The van der Waals surface area contributed by atoms with E-state index in [-0.39, 0.29) is 23.2 Å². The van der Waals surface area contributed by atoms with E-state index in [1.807, 2.05) is 56.3 Å². The number of benzene rings is 2. The molecule has 5 aromatic rings. The van der Waals surface area contributed by atoms with Crippen molar-refractivity contribution in [3.8, 4) is 22.3 Å². The monoisotopic (exact) mass is 568 g/mol. The lowest BCUT2D eigenvalue weighted by atomic mass is 9.90. The molecule has 3 aromatic heterocycles. The Bertz CT molecular complexity index is 1820. The van der Waals surface area contributed by atoms with Crippen molar-refractivity contribution in [1.29, 1.82) is 0 Å². The number of halogens is 2. The molecule has 41 heavy (non-hydrogen) atoms. The molecule has 0 saturated carbocycles. The standard InChI is InChI=1S/C32H30ClFN6O/c1-3-40-30-23(15-27(31(40)41)26-6-4-21(16-28(26)33)22-10-13-36-19(2)14-22)18-37-32(39-30)38-24-5-7-25(29(34)17-24)20-8-11-35-12-9-20/h4-7,10,13-18,20,35H,3,8-9,11-12H2,1-2H3,(H,37,38,39). The van der Waals surface area contributed by atoms with E-state index < -0.39 is 0 Å². The van der Waals surface area contributed by atoms with Crippen LogP contribution in [0, 0.1) is 12.7 Å². The van der Waals surface area contributed by atoms with Crippen molar-refractivity contribution in [2.24, 2.45) is 0 Å². The van der Waals surface area contributed by atoms with E-state index >= 15 is 0 Å². The van der Waals surface area contributed by atoms with Crippen molar-refractivity contribution in [3.05, 3.63) is 99.4 Å². The van der Waals surface area contributed by atoms with Crippen molar-refractivity contribution in [2.75, 3.05) is 18.4 Å². The van der Waals surface area contributed by atoms with Gasteiger partial charge >= 0.3 is 0 Å². The number of anilines is 2. The number of piperidine rings is 1. The maximum atomic E-state index is 15.0. The molecule has 7 nitrogen and oxygen atoms in total. The lowest BCUT2D eigenvalue weighted by molar-refractivity contribution is 0.445. The Morgan fingerprint density at radius 2 is 1.83 bits per heavy atom. The minimum Gasteiger partial charge on any atom is -0.324 e. The predicted octanol–water partition coefficient (Wildman–Crippen LogP) is 6.85. The number of hydrogen-bond donors (Lipinski definition) is 2. The van der Waals surface area contributed by atoms with Gasteiger partial charge in [0.25, 0.3) is 5.56 Å². The second kappa shape index (κ2) is 11.4. The maximum Gasteiger partial charge on any atom is 0.260 e. The molecule has 1 fully saturated rings. The summed E-state index contributed by atoms with van der Waals surface area (Å²) in [7, 11) is 0. The molecule has 2 aromatic carbocycles. The lowest BCUT2D eigenvalue weighted by Gasteiger charge is -2.23. The van der Waals surface area contributed by atoms with Crippen LogP contribution >= 0.6 is 11.6 Å². The Morgan fingerprint density at radius 3 is 2.56 bits per heavy atom. The fourth-order valence-corrected chi connectivity index (χ4v) is 5.82. The first-order valence-electron chi connectivity index (χ1n) is 13.8. The SMILES string of the molecule is CCn1c(=O)c(-c2ccc(-c3ccnc(C)c3)cc2Cl)cc2cnc(Nc3ccc(C4CCNCC4)c(F)c3)nc21. The molecule has 0 bridgehead atoms. The smallest absolute Gasteiger partial charge is 0.260 e. The molecule has 1 aliphatic rings. The number of fused-ring (bicyclic) bond motifs is 1. The first kappa shape index (κ1) is 27.1. The molecule has 0 unspecified atom stereocenters. The third-order valence-electron chi connectivity index (χ3n) is 7.67. The maximum absolute atomic E-state index is 15.0. The summed E-state index contributed by atoms with van der Waals surface area (Å²) in [6, 6.07) is 16.6. The van der Waals surface area contributed by atoms with Crippen LogP contribution < -0.4 is 16.2 Å². The third-order valence-corrected chi connectivity index (χ3v) is 7.98. The molecule has 208 valence electrons. The number of pyridine rings is 2. The van der Waals surface area contributed by atoms with Crippen molar-refractivity contribution >= 4 is 34.3 Å². The summed E-state index contributed by atoms with van der Waals surface area (Å²) < 4.78 is 16.6. The van der Waals surface area contributed by atoms with Gasteiger partial charge in [0.05, 0.1) is 0 Å². The zero-order valence-electron chi connectivity index (χ0n) is 22.9. The van der Waals surface area contributed by atoms with Crippen molar-refractivity contribution < 1.29 is 4.39 Å². The van der Waals surface area contributed by atoms with E-state index in [9.17, 15) is 9.18 Å². The summed E-state index contributed by atoms with van der Waals surface area (Å²) in [4.78, 5) is 27.0. The van der Waals surface area contributed by atoms with E-state index in [2.05, 4.69) is 25.6 Å². The Balaban J connectivity index is 1.32. The van der Waals surface area contributed by atoms with Gasteiger partial charge in [0.2, 0.25) is 5.95 Å². The van der Waals surface area contributed by atoms with Crippen LogP contribution in [0.3, 0.4) is 0 Å². The molecule has 6 rings (SSSR count). The van der Waals surface area contributed by atoms with E-state index in [4.69, 9.17) is 11.6 Å². The fraction of sp³-hybridized carbons (Fsp3) is 0.250. The number of aryl methyl sites for hydroxylation is 2. The molecular weight excluding hydrogens is 539 g/mol. The van der Waals surface area contributed by atoms with Crippen LogP contribution in [0.4, 0.5) is 16.0 Å². The molecule has 0 atom stereocenters. The second-order valence-corrected chi connectivity index (χ2v) is 10.8. The number of hydrogen-bond acceptors (Lipinski definition) is 6. The molecule has 1 aliphatic heterocycles. The van der Waals surface area contributed by atoms with Gasteiger partial charge in [-0.25, -0.2) is 9.37 Å². The van der Waals surface area contributed by atoms with Crippen LogP contribution in [0.25, 0.3) is 33.3 Å². The predicted molar refractivity (Wildman–Crippen MR) is 162 cm³/mol. The summed E-state index contributed by atoms with van der Waals surface area (Å²) in [5.74, 6) is 0.274. The molecule has 1 saturated heterocycles. The Kier molecular flexibility index (Phi) is 7.51. The topological polar surface area (TPSA) is 84.7 Å². The first-order valence-corrected chi connectivity index (χ1v) is 14.2. The molecule has 0 amide bonds. The number of rotatable bonds is 6. The number of aromatic nitrogens is 4. The normalized spacial score (nSPS) is 14.0. The van der Waals surface area contributed by atoms with Crippen molar-refractivity contribution in [3.63, 3.8) is 0 Å². The zero-order chi connectivity index (χ0) is 28.5. The molecule has 0 aliphatic carbocycles. The van der Waals surface area contributed by atoms with Gasteiger partial charge < -0.3 is 10.6 Å². The summed E-state index contributed by atoms with van der Waals surface area (Å²) in [5.41, 5.74) is 5.57. The molecular formula is C32H30ClFN6O. The largest absolute Gasteiger partial charge is 0.324 e. The summed E-state index contributed by atoms with van der Waals surface area (Å²) >= 11 is 6.72. The van der Waals surface area contributed by atoms with Crippen LogP contribution in [0.15, 0.2) is 71.8 Å². The van der Waals surface area contributed by atoms with Gasteiger partial charge in [-0.15, -0.1) is 0 Å². The van der Waals surface area contributed by atoms with Gasteiger partial charge in [-0.05, 0) is 98.8 Å². The van der Waals surface area contributed by atoms with Gasteiger partial charge in [0.1, 0.15) is 11.5 Å². The highest BCUT2D eigenvalue weighted by Gasteiger charge is 2.19. The molecule has 2 N–H and O–H groups in total. The van der Waals surface area contributed by atoms with Gasteiger partial charge in [-0.1, -0.05) is 29.8 Å². The van der Waals surface area contributed by atoms with E-state index in [0.717, 1.165) is 48.3 Å². The molecule has 4 heterocycles. The fourth-order valence-electron chi connectivity index (χ4n) is 5.54. The lowest BCUT2D eigenvalue weighted by Crippen LogP contribution is -2.27. The zero-order valence-corrected chi connectivity index (χ0v) is 23.7. The van der Waals surface area contributed by atoms with Crippen LogP contribution in [0.1, 0.15) is 36.9 Å².